The highest BCUT2D eigenvalue weighted by Gasteiger charge is 2.36. The van der Waals surface area contributed by atoms with Crippen molar-refractivity contribution in [2.24, 2.45) is 0 Å². The maximum Gasteiger partial charge on any atom is 0.258 e. The third-order valence-electron chi connectivity index (χ3n) is 5.18. The lowest BCUT2D eigenvalue weighted by atomic mass is 10.1. The summed E-state index contributed by atoms with van der Waals surface area (Å²) in [7, 11) is 3.08. The average Bonchev–Trinajstić information content (AvgIpc) is 3.42. The molecule has 1 aliphatic rings. The van der Waals surface area contributed by atoms with Gasteiger partial charge in [-0.25, -0.2) is 0 Å². The molecule has 1 aliphatic heterocycles. The summed E-state index contributed by atoms with van der Waals surface area (Å²) in [5, 5.41) is 4.12. The largest absolute Gasteiger partial charge is 0.493 e. The quantitative estimate of drug-likeness (QED) is 0.651. The topological polar surface area (TPSA) is 77.7 Å². The summed E-state index contributed by atoms with van der Waals surface area (Å²) < 4.78 is 16.3. The van der Waals surface area contributed by atoms with Gasteiger partial charge < -0.3 is 18.9 Å². The lowest BCUT2D eigenvalue weighted by Crippen LogP contribution is -2.31. The molecule has 2 aromatic carbocycles. The van der Waals surface area contributed by atoms with Crippen molar-refractivity contribution in [3.63, 3.8) is 0 Å². The number of carbonyl (C=O) groups excluding carboxylic acids is 1. The monoisotopic (exact) mass is 393 g/mol. The molecule has 1 saturated heterocycles. The first kappa shape index (κ1) is 19.0. The third kappa shape index (κ3) is 3.55. The molecule has 1 fully saturated rings. The SMILES string of the molecule is COc1cccc(C(=O)N2CCC[C@@H]2c2nc(-c3ccc(C)cc3)no2)c1OC. The smallest absolute Gasteiger partial charge is 0.258 e. The first-order valence-corrected chi connectivity index (χ1v) is 9.55. The van der Waals surface area contributed by atoms with Crippen molar-refractivity contribution in [1.82, 2.24) is 15.0 Å². The fourth-order valence-electron chi connectivity index (χ4n) is 3.67. The third-order valence-corrected chi connectivity index (χ3v) is 5.18. The maximum atomic E-state index is 13.3. The molecule has 0 spiro atoms. The molecule has 0 N–H and O–H groups in total. The number of para-hydroxylation sites is 1. The van der Waals surface area contributed by atoms with E-state index in [0.29, 0.717) is 35.3 Å². The Hall–Kier alpha value is -3.35. The minimum absolute atomic E-state index is 0.140. The average molecular weight is 393 g/mol. The van der Waals surface area contributed by atoms with Crippen LogP contribution in [-0.4, -0.2) is 41.7 Å². The van der Waals surface area contributed by atoms with Crippen LogP contribution >= 0.6 is 0 Å². The molecule has 0 bridgehead atoms. The minimum Gasteiger partial charge on any atom is -0.493 e. The summed E-state index contributed by atoms with van der Waals surface area (Å²) in [5.41, 5.74) is 2.50. The van der Waals surface area contributed by atoms with Gasteiger partial charge in [0.25, 0.3) is 5.91 Å². The molecule has 1 atom stereocenters. The summed E-state index contributed by atoms with van der Waals surface area (Å²) >= 11 is 0. The van der Waals surface area contributed by atoms with Gasteiger partial charge in [0, 0.05) is 12.1 Å². The molecule has 0 radical (unpaired) electrons. The standard InChI is InChI=1S/C22H23N3O4/c1-14-9-11-15(12-10-14)20-23-21(29-24-20)17-7-5-13-25(17)22(26)16-6-4-8-18(27-2)19(16)28-3/h4,6,8-12,17H,5,7,13H2,1-3H3/t17-/m1/s1. The summed E-state index contributed by atoms with van der Waals surface area (Å²) in [6.45, 7) is 2.65. The molecule has 0 saturated carbocycles. The van der Waals surface area contributed by atoms with Crippen LogP contribution in [0.1, 0.15) is 40.7 Å². The maximum absolute atomic E-state index is 13.3. The predicted octanol–water partition coefficient (Wildman–Crippen LogP) is 4.04. The molecule has 7 nitrogen and oxygen atoms in total. The summed E-state index contributed by atoms with van der Waals surface area (Å²) in [4.78, 5) is 19.6. The van der Waals surface area contributed by atoms with Crippen LogP contribution in [0.5, 0.6) is 11.5 Å². The van der Waals surface area contributed by atoms with E-state index in [1.807, 2.05) is 31.2 Å². The first-order valence-electron chi connectivity index (χ1n) is 9.55. The minimum atomic E-state index is -0.259. The number of benzene rings is 2. The van der Waals surface area contributed by atoms with Gasteiger partial charge in [0.15, 0.2) is 11.5 Å². The van der Waals surface area contributed by atoms with Crippen LogP contribution in [0.3, 0.4) is 0 Å². The molecule has 0 unspecified atom stereocenters. The van der Waals surface area contributed by atoms with Crippen LogP contribution in [0.4, 0.5) is 0 Å². The fourth-order valence-corrected chi connectivity index (χ4v) is 3.67. The Kier molecular flexibility index (Phi) is 5.20. The van der Waals surface area contributed by atoms with Crippen molar-refractivity contribution < 1.29 is 18.8 Å². The van der Waals surface area contributed by atoms with Crippen LogP contribution in [-0.2, 0) is 0 Å². The number of hydrogen-bond acceptors (Lipinski definition) is 6. The molecule has 4 rings (SSSR count). The molecular formula is C22H23N3O4. The number of rotatable bonds is 5. The van der Waals surface area contributed by atoms with E-state index in [2.05, 4.69) is 10.1 Å². The van der Waals surface area contributed by atoms with Crippen LogP contribution in [0.15, 0.2) is 47.0 Å². The number of methoxy groups -OCH3 is 2. The molecule has 1 aromatic heterocycles. The Balaban J connectivity index is 1.62. The highest BCUT2D eigenvalue weighted by molar-refractivity contribution is 5.98. The van der Waals surface area contributed by atoms with E-state index < -0.39 is 0 Å². The van der Waals surface area contributed by atoms with Gasteiger partial charge in [0.1, 0.15) is 6.04 Å². The second-order valence-corrected chi connectivity index (χ2v) is 7.02. The van der Waals surface area contributed by atoms with Crippen molar-refractivity contribution in [1.29, 1.82) is 0 Å². The Morgan fingerprint density at radius 2 is 1.93 bits per heavy atom. The predicted molar refractivity (Wildman–Crippen MR) is 107 cm³/mol. The molecule has 29 heavy (non-hydrogen) atoms. The van der Waals surface area contributed by atoms with E-state index in [1.165, 1.54) is 7.11 Å². The number of aromatic nitrogens is 2. The number of nitrogens with zero attached hydrogens (tertiary/aromatic N) is 3. The van der Waals surface area contributed by atoms with Gasteiger partial charge in [-0.1, -0.05) is 41.1 Å². The van der Waals surface area contributed by atoms with Crippen LogP contribution in [0.2, 0.25) is 0 Å². The van der Waals surface area contributed by atoms with E-state index >= 15 is 0 Å². The van der Waals surface area contributed by atoms with Crippen molar-refractivity contribution in [2.75, 3.05) is 20.8 Å². The second kappa shape index (κ2) is 7.95. The molecule has 150 valence electrons. The number of likely N-dealkylation sites (tertiary alicyclic amines) is 1. The van der Waals surface area contributed by atoms with Crippen molar-refractivity contribution >= 4 is 5.91 Å². The number of aryl methyl sites for hydroxylation is 1. The zero-order chi connectivity index (χ0) is 20.4. The fraction of sp³-hybridized carbons (Fsp3) is 0.318. The zero-order valence-electron chi connectivity index (χ0n) is 16.7. The van der Waals surface area contributed by atoms with Gasteiger partial charge in [-0.15, -0.1) is 0 Å². The van der Waals surface area contributed by atoms with E-state index in [0.717, 1.165) is 24.0 Å². The Bertz CT molecular complexity index is 1010. The van der Waals surface area contributed by atoms with Crippen LogP contribution < -0.4 is 9.47 Å². The molecular weight excluding hydrogens is 370 g/mol. The number of ether oxygens (including phenoxy) is 2. The molecule has 2 heterocycles. The number of carbonyl (C=O) groups is 1. The van der Waals surface area contributed by atoms with Gasteiger partial charge in [-0.2, -0.15) is 4.98 Å². The van der Waals surface area contributed by atoms with Gasteiger partial charge in [-0.05, 0) is 31.9 Å². The van der Waals surface area contributed by atoms with Gasteiger partial charge in [-0.3, -0.25) is 4.79 Å². The Morgan fingerprint density at radius 3 is 2.66 bits per heavy atom. The van der Waals surface area contributed by atoms with E-state index in [9.17, 15) is 4.79 Å². The van der Waals surface area contributed by atoms with Crippen molar-refractivity contribution in [2.45, 2.75) is 25.8 Å². The van der Waals surface area contributed by atoms with E-state index in [1.54, 1.807) is 30.2 Å². The first-order chi connectivity index (χ1) is 14.1. The zero-order valence-corrected chi connectivity index (χ0v) is 16.7. The lowest BCUT2D eigenvalue weighted by molar-refractivity contribution is 0.0706. The normalized spacial score (nSPS) is 16.1. The number of amides is 1. The highest BCUT2D eigenvalue weighted by Crippen LogP contribution is 2.37. The van der Waals surface area contributed by atoms with E-state index in [4.69, 9.17) is 14.0 Å². The lowest BCUT2D eigenvalue weighted by Gasteiger charge is -2.23. The molecule has 3 aromatic rings. The second-order valence-electron chi connectivity index (χ2n) is 7.02. The van der Waals surface area contributed by atoms with Crippen LogP contribution in [0.25, 0.3) is 11.4 Å². The van der Waals surface area contributed by atoms with Gasteiger partial charge in [0.05, 0.1) is 19.8 Å². The molecule has 0 aliphatic carbocycles. The highest BCUT2D eigenvalue weighted by atomic mass is 16.5. The summed E-state index contributed by atoms with van der Waals surface area (Å²) in [5.74, 6) is 1.79. The Labute approximate surface area is 169 Å². The summed E-state index contributed by atoms with van der Waals surface area (Å²) in [6, 6.07) is 13.0. The van der Waals surface area contributed by atoms with Crippen molar-refractivity contribution in [3.8, 4) is 22.9 Å². The van der Waals surface area contributed by atoms with Gasteiger partial charge in [0.2, 0.25) is 11.7 Å². The summed E-state index contributed by atoms with van der Waals surface area (Å²) in [6.07, 6.45) is 1.64. The Morgan fingerprint density at radius 1 is 1.14 bits per heavy atom. The van der Waals surface area contributed by atoms with Gasteiger partial charge >= 0.3 is 0 Å². The number of hydrogen-bond donors (Lipinski definition) is 0. The van der Waals surface area contributed by atoms with E-state index in [-0.39, 0.29) is 11.9 Å². The molecule has 7 heteroatoms. The van der Waals surface area contributed by atoms with Crippen LogP contribution in [0, 0.1) is 6.92 Å². The molecule has 1 amide bonds. The van der Waals surface area contributed by atoms with Crippen molar-refractivity contribution in [3.05, 3.63) is 59.5 Å².